The first-order valence-corrected chi connectivity index (χ1v) is 11.2. The van der Waals surface area contributed by atoms with Crippen molar-refractivity contribution in [1.82, 2.24) is 14.7 Å². The molecule has 3 aromatic rings. The third-order valence-electron chi connectivity index (χ3n) is 5.86. The highest BCUT2D eigenvalue weighted by Gasteiger charge is 2.32. The van der Waals surface area contributed by atoms with E-state index in [0.717, 1.165) is 36.2 Å². The van der Waals surface area contributed by atoms with Crippen LogP contribution >= 0.6 is 11.6 Å². The van der Waals surface area contributed by atoms with Crippen LogP contribution in [0.15, 0.2) is 54.6 Å². The van der Waals surface area contributed by atoms with Crippen LogP contribution in [0.1, 0.15) is 44.4 Å². The van der Waals surface area contributed by atoms with E-state index in [9.17, 15) is 4.79 Å². The Morgan fingerprint density at radius 3 is 2.42 bits per heavy atom. The third-order valence-corrected chi connectivity index (χ3v) is 6.11. The van der Waals surface area contributed by atoms with Crippen molar-refractivity contribution in [2.45, 2.75) is 52.6 Å². The van der Waals surface area contributed by atoms with Crippen molar-refractivity contribution in [1.29, 1.82) is 0 Å². The lowest BCUT2D eigenvalue weighted by atomic mass is 9.84. The molecule has 1 amide bonds. The first-order chi connectivity index (χ1) is 14.9. The minimum atomic E-state index is 0.0935. The number of amides is 1. The second-order valence-corrected chi connectivity index (χ2v) is 8.80. The van der Waals surface area contributed by atoms with Crippen LogP contribution < -0.4 is 4.74 Å². The van der Waals surface area contributed by atoms with Crippen molar-refractivity contribution >= 4 is 17.5 Å². The normalized spacial score (nSPS) is 13.8. The Morgan fingerprint density at radius 1 is 1.16 bits per heavy atom. The third kappa shape index (κ3) is 4.62. The highest BCUT2D eigenvalue weighted by molar-refractivity contribution is 6.30. The van der Waals surface area contributed by atoms with Gasteiger partial charge >= 0.3 is 0 Å². The van der Waals surface area contributed by atoms with Gasteiger partial charge in [-0.3, -0.25) is 4.79 Å². The molecule has 0 atom stereocenters. The molecule has 31 heavy (non-hydrogen) atoms. The average molecular weight is 438 g/mol. The maximum absolute atomic E-state index is 13.1. The number of ether oxygens (including phenoxy) is 1. The summed E-state index contributed by atoms with van der Waals surface area (Å²) in [5.41, 5.74) is 2.67. The predicted octanol–water partition coefficient (Wildman–Crippen LogP) is 6.16. The Kier molecular flexibility index (Phi) is 6.33. The molecule has 0 N–H and O–H groups in total. The van der Waals surface area contributed by atoms with Gasteiger partial charge in [-0.1, -0.05) is 36.2 Å². The van der Waals surface area contributed by atoms with E-state index < -0.39 is 0 Å². The van der Waals surface area contributed by atoms with Crippen molar-refractivity contribution in [2.75, 3.05) is 0 Å². The van der Waals surface area contributed by atoms with Gasteiger partial charge in [0.1, 0.15) is 5.75 Å². The Balaban J connectivity index is 1.74. The van der Waals surface area contributed by atoms with E-state index in [1.165, 1.54) is 0 Å². The summed E-state index contributed by atoms with van der Waals surface area (Å²) in [6.45, 7) is 6.56. The Bertz CT molecular complexity index is 1040. The summed E-state index contributed by atoms with van der Waals surface area (Å²) < 4.78 is 8.15. The van der Waals surface area contributed by atoms with Gasteiger partial charge < -0.3 is 9.64 Å². The molecule has 1 saturated carbocycles. The second-order valence-electron chi connectivity index (χ2n) is 8.36. The van der Waals surface area contributed by atoms with E-state index in [4.69, 9.17) is 21.4 Å². The van der Waals surface area contributed by atoms with Crippen LogP contribution in [0.3, 0.4) is 0 Å². The summed E-state index contributed by atoms with van der Waals surface area (Å²) in [5.74, 6) is 1.67. The molecule has 5 nitrogen and oxygen atoms in total. The van der Waals surface area contributed by atoms with Gasteiger partial charge in [0.05, 0.1) is 23.5 Å². The van der Waals surface area contributed by atoms with E-state index in [-0.39, 0.29) is 17.9 Å². The Labute approximate surface area is 188 Å². The Morgan fingerprint density at radius 2 is 1.84 bits per heavy atom. The van der Waals surface area contributed by atoms with Crippen molar-refractivity contribution < 1.29 is 9.53 Å². The van der Waals surface area contributed by atoms with E-state index in [1.54, 1.807) is 12.1 Å². The summed E-state index contributed by atoms with van der Waals surface area (Å²) in [4.78, 5) is 15.1. The predicted molar refractivity (Wildman–Crippen MR) is 123 cm³/mol. The summed E-state index contributed by atoms with van der Waals surface area (Å²) >= 11 is 6.05. The number of nitrogens with zero attached hydrogens (tertiary/aromatic N) is 3. The zero-order chi connectivity index (χ0) is 22.0. The molecular formula is C25H28ClN3O2. The van der Waals surface area contributed by atoms with Crippen LogP contribution in [0.2, 0.25) is 5.02 Å². The van der Waals surface area contributed by atoms with E-state index in [2.05, 4.69) is 13.8 Å². The Hall–Kier alpha value is -2.79. The molecule has 1 fully saturated rings. The second kappa shape index (κ2) is 9.15. The summed E-state index contributed by atoms with van der Waals surface area (Å²) in [7, 11) is 0. The van der Waals surface area contributed by atoms with Crippen molar-refractivity contribution in [3.05, 3.63) is 70.9 Å². The van der Waals surface area contributed by atoms with Gasteiger partial charge in [0.15, 0.2) is 0 Å². The van der Waals surface area contributed by atoms with Crippen molar-refractivity contribution in [3.8, 4) is 17.3 Å². The number of aryl methyl sites for hydroxylation is 1. The maximum atomic E-state index is 13.1. The monoisotopic (exact) mass is 437 g/mol. The van der Waals surface area contributed by atoms with Crippen molar-refractivity contribution in [3.63, 3.8) is 0 Å². The van der Waals surface area contributed by atoms with Gasteiger partial charge in [0, 0.05) is 17.0 Å². The van der Waals surface area contributed by atoms with Gasteiger partial charge in [-0.05, 0) is 70.0 Å². The topological polar surface area (TPSA) is 47.4 Å². The van der Waals surface area contributed by atoms with Gasteiger partial charge in [0.2, 0.25) is 11.8 Å². The van der Waals surface area contributed by atoms with Gasteiger partial charge in [0.25, 0.3) is 0 Å². The number of carbonyl (C=O) groups excluding carboxylic acids is 1. The van der Waals surface area contributed by atoms with Crippen LogP contribution in [0.4, 0.5) is 0 Å². The maximum Gasteiger partial charge on any atom is 0.227 e. The average Bonchev–Trinajstić information content (AvgIpc) is 3.02. The lowest BCUT2D eigenvalue weighted by molar-refractivity contribution is -0.140. The molecular weight excluding hydrogens is 410 g/mol. The molecule has 1 aliphatic carbocycles. The lowest BCUT2D eigenvalue weighted by Gasteiger charge is -2.34. The molecule has 0 aliphatic heterocycles. The summed E-state index contributed by atoms with van der Waals surface area (Å²) in [5, 5.41) is 5.42. The molecule has 0 unspecified atom stereocenters. The van der Waals surface area contributed by atoms with Gasteiger partial charge in [-0.15, -0.1) is 0 Å². The van der Waals surface area contributed by atoms with E-state index >= 15 is 0 Å². The molecule has 1 aromatic heterocycles. The summed E-state index contributed by atoms with van der Waals surface area (Å²) in [6, 6.07) is 17.3. The van der Waals surface area contributed by atoms with Crippen LogP contribution in [0.5, 0.6) is 11.6 Å². The first kappa shape index (κ1) is 21.4. The lowest BCUT2D eigenvalue weighted by Crippen LogP contribution is -2.42. The molecule has 0 saturated heterocycles. The highest BCUT2D eigenvalue weighted by Crippen LogP contribution is 2.34. The SMILES string of the molecule is Cc1nn(-c2ccccc2)c(Oc2ccc(Cl)cc2)c1CN(C(=O)C1CCC1)C(C)C. The molecule has 2 aromatic carbocycles. The van der Waals surface area contributed by atoms with Gasteiger partial charge in [-0.2, -0.15) is 5.10 Å². The first-order valence-electron chi connectivity index (χ1n) is 10.8. The molecule has 1 aliphatic rings. The van der Waals surface area contributed by atoms with Gasteiger partial charge in [-0.25, -0.2) is 4.68 Å². The molecule has 1 heterocycles. The van der Waals surface area contributed by atoms with Crippen molar-refractivity contribution in [2.24, 2.45) is 5.92 Å². The number of hydrogen-bond acceptors (Lipinski definition) is 3. The van der Waals surface area contributed by atoms with Crippen LogP contribution in [0.25, 0.3) is 5.69 Å². The number of rotatable bonds is 7. The molecule has 0 bridgehead atoms. The number of aromatic nitrogens is 2. The summed E-state index contributed by atoms with van der Waals surface area (Å²) in [6.07, 6.45) is 3.11. The fraction of sp³-hybridized carbons (Fsp3) is 0.360. The number of carbonyl (C=O) groups is 1. The molecule has 0 spiro atoms. The van der Waals surface area contributed by atoms with E-state index in [1.807, 2.05) is 59.0 Å². The van der Waals surface area contributed by atoms with Crippen LogP contribution in [0, 0.1) is 12.8 Å². The fourth-order valence-electron chi connectivity index (χ4n) is 3.76. The molecule has 0 radical (unpaired) electrons. The minimum Gasteiger partial charge on any atom is -0.439 e. The largest absolute Gasteiger partial charge is 0.439 e. The molecule has 4 rings (SSSR count). The van der Waals surface area contributed by atoms with Crippen LogP contribution in [-0.2, 0) is 11.3 Å². The number of para-hydroxylation sites is 1. The minimum absolute atomic E-state index is 0.0935. The quantitative estimate of drug-likeness (QED) is 0.444. The number of halogens is 1. The number of benzene rings is 2. The molecule has 6 heteroatoms. The van der Waals surface area contributed by atoms with Crippen LogP contribution in [-0.4, -0.2) is 26.6 Å². The molecule has 162 valence electrons. The number of hydrogen-bond donors (Lipinski definition) is 0. The fourth-order valence-corrected chi connectivity index (χ4v) is 3.88. The standard InChI is InChI=1S/C25H28ClN3O2/c1-17(2)28(24(30)19-8-7-9-19)16-23-18(3)27-29(21-10-5-4-6-11-21)25(23)31-22-14-12-20(26)13-15-22/h4-6,10-15,17,19H,7-9,16H2,1-3H3. The zero-order valence-corrected chi connectivity index (χ0v) is 19.0. The van der Waals surface area contributed by atoms with E-state index in [0.29, 0.717) is 23.2 Å². The highest BCUT2D eigenvalue weighted by atomic mass is 35.5. The smallest absolute Gasteiger partial charge is 0.227 e. The zero-order valence-electron chi connectivity index (χ0n) is 18.2.